The molecule has 96 valence electrons. The number of ether oxygens (including phenoxy) is 1. The number of rotatable bonds is 8. The third kappa shape index (κ3) is 6.24. The van der Waals surface area contributed by atoms with Gasteiger partial charge in [-0.15, -0.1) is 0 Å². The van der Waals surface area contributed by atoms with E-state index in [9.17, 15) is 0 Å². The van der Waals surface area contributed by atoms with Gasteiger partial charge in [0.1, 0.15) is 0 Å². The van der Waals surface area contributed by atoms with E-state index in [0.29, 0.717) is 0 Å². The molecule has 0 heterocycles. The van der Waals surface area contributed by atoms with Crippen LogP contribution in [0.15, 0.2) is 0 Å². The number of hydrogen-bond acceptors (Lipinski definition) is 1. The van der Waals surface area contributed by atoms with E-state index in [1.165, 1.54) is 56.7 Å². The van der Waals surface area contributed by atoms with Gasteiger partial charge in [0.05, 0.1) is 0 Å². The van der Waals surface area contributed by atoms with Gasteiger partial charge in [0.15, 0.2) is 0 Å². The van der Waals surface area contributed by atoms with Crippen molar-refractivity contribution >= 4 is 15.9 Å². The normalized spacial score (nSPS) is 25.9. The number of alkyl halides is 1. The van der Waals surface area contributed by atoms with Gasteiger partial charge in [0.25, 0.3) is 0 Å². The largest absolute Gasteiger partial charge is 0.381 e. The molecule has 1 nitrogen and oxygen atoms in total. The van der Waals surface area contributed by atoms with E-state index in [1.807, 2.05) is 0 Å². The maximum atomic E-state index is 5.78. The zero-order valence-corrected chi connectivity index (χ0v) is 12.3. The average Bonchev–Trinajstić information content (AvgIpc) is 2.34. The first-order valence-electron chi connectivity index (χ1n) is 7.00. The second-order valence-electron chi connectivity index (χ2n) is 5.18. The van der Waals surface area contributed by atoms with E-state index in [0.717, 1.165) is 25.0 Å². The molecule has 0 aliphatic heterocycles. The van der Waals surface area contributed by atoms with Crippen molar-refractivity contribution in [3.05, 3.63) is 0 Å². The Morgan fingerprint density at radius 1 is 1.00 bits per heavy atom. The van der Waals surface area contributed by atoms with Gasteiger partial charge in [-0.3, -0.25) is 0 Å². The lowest BCUT2D eigenvalue weighted by Gasteiger charge is -2.27. The third-order valence-corrected chi connectivity index (χ3v) is 4.60. The van der Waals surface area contributed by atoms with Crippen LogP contribution in [0.2, 0.25) is 0 Å². The summed E-state index contributed by atoms with van der Waals surface area (Å²) in [6, 6.07) is 0. The third-order valence-electron chi connectivity index (χ3n) is 3.68. The highest BCUT2D eigenvalue weighted by atomic mass is 79.9. The molecule has 1 aliphatic carbocycles. The first kappa shape index (κ1) is 14.5. The standard InChI is InChI=1S/C14H27BrO/c1-2-3-4-5-10-16-12-14-8-6-13(11-15)7-9-14/h13-14H,2-12H2,1H3. The van der Waals surface area contributed by atoms with Crippen LogP contribution in [0.1, 0.15) is 58.3 Å². The van der Waals surface area contributed by atoms with E-state index < -0.39 is 0 Å². The zero-order chi connectivity index (χ0) is 11.6. The lowest BCUT2D eigenvalue weighted by molar-refractivity contribution is 0.0770. The fraction of sp³-hybridized carbons (Fsp3) is 1.00. The second-order valence-corrected chi connectivity index (χ2v) is 5.82. The topological polar surface area (TPSA) is 9.23 Å². The molecule has 0 amide bonds. The first-order chi connectivity index (χ1) is 7.86. The Labute approximate surface area is 109 Å². The van der Waals surface area contributed by atoms with Crippen molar-refractivity contribution in [3.63, 3.8) is 0 Å². The molecule has 0 saturated heterocycles. The van der Waals surface area contributed by atoms with Crippen LogP contribution in [0.3, 0.4) is 0 Å². The molecule has 0 radical (unpaired) electrons. The summed E-state index contributed by atoms with van der Waals surface area (Å²) in [5.74, 6) is 1.78. The van der Waals surface area contributed by atoms with Gasteiger partial charge < -0.3 is 4.74 Å². The molecule has 0 aromatic rings. The maximum Gasteiger partial charge on any atom is 0.0494 e. The lowest BCUT2D eigenvalue weighted by Crippen LogP contribution is -2.19. The van der Waals surface area contributed by atoms with Crippen LogP contribution in [-0.4, -0.2) is 18.5 Å². The molecule has 0 aromatic heterocycles. The van der Waals surface area contributed by atoms with Crippen molar-refractivity contribution < 1.29 is 4.74 Å². The van der Waals surface area contributed by atoms with Gasteiger partial charge >= 0.3 is 0 Å². The summed E-state index contributed by atoms with van der Waals surface area (Å²) in [5.41, 5.74) is 0. The van der Waals surface area contributed by atoms with E-state index >= 15 is 0 Å². The quantitative estimate of drug-likeness (QED) is 0.462. The summed E-state index contributed by atoms with van der Waals surface area (Å²) < 4.78 is 5.78. The molecule has 1 fully saturated rings. The van der Waals surface area contributed by atoms with Gasteiger partial charge in [0.2, 0.25) is 0 Å². The van der Waals surface area contributed by atoms with Crippen molar-refractivity contribution in [1.29, 1.82) is 0 Å². The van der Waals surface area contributed by atoms with Crippen LogP contribution in [-0.2, 0) is 4.74 Å². The molecule has 0 spiro atoms. The van der Waals surface area contributed by atoms with Crippen LogP contribution in [0.4, 0.5) is 0 Å². The molecule has 16 heavy (non-hydrogen) atoms. The molecular formula is C14H27BrO. The lowest BCUT2D eigenvalue weighted by atomic mass is 9.83. The van der Waals surface area contributed by atoms with Crippen LogP contribution < -0.4 is 0 Å². The summed E-state index contributed by atoms with van der Waals surface area (Å²) >= 11 is 3.59. The van der Waals surface area contributed by atoms with E-state index in [1.54, 1.807) is 0 Å². The maximum absolute atomic E-state index is 5.78. The van der Waals surface area contributed by atoms with E-state index in [4.69, 9.17) is 4.74 Å². The molecule has 1 saturated carbocycles. The van der Waals surface area contributed by atoms with Crippen molar-refractivity contribution in [3.8, 4) is 0 Å². The Morgan fingerprint density at radius 3 is 2.31 bits per heavy atom. The minimum atomic E-state index is 0.849. The first-order valence-corrected chi connectivity index (χ1v) is 8.12. The molecule has 0 aromatic carbocycles. The summed E-state index contributed by atoms with van der Waals surface area (Å²) in [5, 5.41) is 1.19. The molecule has 2 heteroatoms. The van der Waals surface area contributed by atoms with E-state index in [-0.39, 0.29) is 0 Å². The smallest absolute Gasteiger partial charge is 0.0494 e. The fourth-order valence-corrected chi connectivity index (χ4v) is 3.08. The minimum Gasteiger partial charge on any atom is -0.381 e. The van der Waals surface area contributed by atoms with E-state index in [2.05, 4.69) is 22.9 Å². The van der Waals surface area contributed by atoms with Gasteiger partial charge in [-0.05, 0) is 43.9 Å². The van der Waals surface area contributed by atoms with Crippen molar-refractivity contribution in [1.82, 2.24) is 0 Å². The fourth-order valence-electron chi connectivity index (χ4n) is 2.43. The average molecular weight is 291 g/mol. The zero-order valence-electron chi connectivity index (χ0n) is 10.7. The molecule has 0 N–H and O–H groups in total. The second kappa shape index (κ2) is 9.47. The predicted molar refractivity (Wildman–Crippen MR) is 74.2 cm³/mol. The Kier molecular flexibility index (Phi) is 8.58. The Bertz CT molecular complexity index is 153. The Morgan fingerprint density at radius 2 is 1.69 bits per heavy atom. The van der Waals surface area contributed by atoms with Crippen molar-refractivity contribution in [2.24, 2.45) is 11.8 Å². The van der Waals surface area contributed by atoms with Gasteiger partial charge in [-0.25, -0.2) is 0 Å². The minimum absolute atomic E-state index is 0.849. The summed E-state index contributed by atoms with van der Waals surface area (Å²) in [4.78, 5) is 0. The summed E-state index contributed by atoms with van der Waals surface area (Å²) in [6.07, 6.45) is 10.8. The monoisotopic (exact) mass is 290 g/mol. The highest BCUT2D eigenvalue weighted by Gasteiger charge is 2.20. The SMILES string of the molecule is CCCCCCOCC1CCC(CBr)CC1. The molecule has 0 bridgehead atoms. The summed E-state index contributed by atoms with van der Waals surface area (Å²) in [7, 11) is 0. The van der Waals surface area contributed by atoms with Crippen LogP contribution in [0, 0.1) is 11.8 Å². The summed E-state index contributed by atoms with van der Waals surface area (Å²) in [6.45, 7) is 4.25. The van der Waals surface area contributed by atoms with Gasteiger partial charge in [-0.2, -0.15) is 0 Å². The van der Waals surface area contributed by atoms with Crippen LogP contribution >= 0.6 is 15.9 Å². The van der Waals surface area contributed by atoms with Crippen LogP contribution in [0.5, 0.6) is 0 Å². The Balaban J connectivity index is 1.90. The highest BCUT2D eigenvalue weighted by Crippen LogP contribution is 2.29. The van der Waals surface area contributed by atoms with Crippen LogP contribution in [0.25, 0.3) is 0 Å². The predicted octanol–water partition coefficient (Wildman–Crippen LogP) is 4.78. The number of unbranched alkanes of at least 4 members (excludes halogenated alkanes) is 3. The van der Waals surface area contributed by atoms with Crippen molar-refractivity contribution in [2.75, 3.05) is 18.5 Å². The van der Waals surface area contributed by atoms with Crippen molar-refractivity contribution in [2.45, 2.75) is 58.3 Å². The molecule has 1 aliphatic rings. The molecular weight excluding hydrogens is 264 g/mol. The number of halogens is 1. The molecule has 0 atom stereocenters. The highest BCUT2D eigenvalue weighted by molar-refractivity contribution is 9.09. The molecule has 0 unspecified atom stereocenters. The van der Waals surface area contributed by atoms with Gasteiger partial charge in [-0.1, -0.05) is 42.1 Å². The Hall–Kier alpha value is 0.440. The van der Waals surface area contributed by atoms with Gasteiger partial charge in [0, 0.05) is 18.5 Å². The number of hydrogen-bond donors (Lipinski definition) is 0. The molecule has 1 rings (SSSR count).